The lowest BCUT2D eigenvalue weighted by molar-refractivity contribution is -0.244. The number of aliphatic hydroxyl groups is 3. The molecule has 0 aliphatic carbocycles. The van der Waals surface area contributed by atoms with Crippen LogP contribution in [0.1, 0.15) is 12.5 Å². The molecule has 150 valence electrons. The van der Waals surface area contributed by atoms with Gasteiger partial charge in [0, 0.05) is 12.5 Å². The highest BCUT2D eigenvalue weighted by atomic mass is 16.7. The number of rotatable bonds is 5. The van der Waals surface area contributed by atoms with Crippen LogP contribution >= 0.6 is 0 Å². The molecule has 1 heterocycles. The minimum absolute atomic E-state index is 0.400. The van der Waals surface area contributed by atoms with Gasteiger partial charge in [0.15, 0.2) is 0 Å². The molecule has 2 aromatic rings. The quantitative estimate of drug-likeness (QED) is 0.609. The molecule has 0 saturated carbocycles. The van der Waals surface area contributed by atoms with Crippen molar-refractivity contribution in [1.29, 1.82) is 0 Å². The zero-order valence-corrected chi connectivity index (χ0v) is 15.8. The van der Waals surface area contributed by atoms with E-state index in [4.69, 9.17) is 9.47 Å². The number of benzene rings is 2. The van der Waals surface area contributed by atoms with Gasteiger partial charge in [0.25, 0.3) is 0 Å². The molecule has 0 spiro atoms. The second-order valence-electron chi connectivity index (χ2n) is 6.92. The Morgan fingerprint density at radius 1 is 1.14 bits per heavy atom. The molecule has 1 aliphatic rings. The predicted octanol–water partition coefficient (Wildman–Crippen LogP) is 0.985. The number of nitrogens with one attached hydrogen (secondary N) is 1. The molecule has 2 unspecified atom stereocenters. The minimum Gasteiger partial charge on any atom is -0.462 e. The number of ether oxygens (including phenoxy) is 2. The first-order chi connectivity index (χ1) is 13.4. The van der Waals surface area contributed by atoms with Crippen LogP contribution in [0, 0.1) is 6.92 Å². The summed E-state index contributed by atoms with van der Waals surface area (Å²) in [5.74, 6) is 0.0941. The van der Waals surface area contributed by atoms with Crippen molar-refractivity contribution in [3.05, 3.63) is 54.1 Å². The van der Waals surface area contributed by atoms with Gasteiger partial charge >= 0.3 is 0 Å². The number of hydrogen-bond donors (Lipinski definition) is 4. The smallest absolute Gasteiger partial charge is 0.223 e. The topological polar surface area (TPSA) is 108 Å². The molecule has 1 fully saturated rings. The fourth-order valence-electron chi connectivity index (χ4n) is 3.32. The van der Waals surface area contributed by atoms with Gasteiger partial charge in [-0.15, -0.1) is 0 Å². The Balaban J connectivity index is 1.93. The van der Waals surface area contributed by atoms with Crippen LogP contribution in [-0.4, -0.2) is 58.5 Å². The van der Waals surface area contributed by atoms with E-state index in [9.17, 15) is 20.1 Å². The Morgan fingerprint density at radius 3 is 2.57 bits per heavy atom. The molecule has 1 aliphatic heterocycles. The molecule has 7 nitrogen and oxygen atoms in total. The number of amides is 1. The van der Waals surface area contributed by atoms with Gasteiger partial charge in [0.1, 0.15) is 30.1 Å². The summed E-state index contributed by atoms with van der Waals surface area (Å²) in [6.07, 6.45) is -4.83. The first-order valence-corrected chi connectivity index (χ1v) is 9.13. The number of para-hydroxylation sites is 1. The molecule has 3 rings (SSSR count). The summed E-state index contributed by atoms with van der Waals surface area (Å²) < 4.78 is 11.7. The Hall–Kier alpha value is -2.45. The summed E-state index contributed by atoms with van der Waals surface area (Å²) in [7, 11) is 0. The number of hydrogen-bond acceptors (Lipinski definition) is 6. The van der Waals surface area contributed by atoms with Gasteiger partial charge in [-0.1, -0.05) is 48.0 Å². The molecule has 2 aromatic carbocycles. The average molecular weight is 387 g/mol. The number of aliphatic hydroxyl groups excluding tert-OH is 3. The largest absolute Gasteiger partial charge is 0.462 e. The fraction of sp³-hybridized carbons (Fsp3) is 0.381. The van der Waals surface area contributed by atoms with E-state index in [2.05, 4.69) is 5.32 Å². The van der Waals surface area contributed by atoms with E-state index in [0.29, 0.717) is 5.75 Å². The van der Waals surface area contributed by atoms with E-state index in [1.54, 1.807) is 12.1 Å². The first-order valence-electron chi connectivity index (χ1n) is 9.13. The zero-order valence-electron chi connectivity index (χ0n) is 15.8. The van der Waals surface area contributed by atoms with Crippen LogP contribution in [0.25, 0.3) is 11.1 Å². The van der Waals surface area contributed by atoms with E-state index < -0.39 is 43.2 Å². The number of aryl methyl sites for hydroxylation is 1. The summed E-state index contributed by atoms with van der Waals surface area (Å²) in [4.78, 5) is 11.6. The molecular weight excluding hydrogens is 362 g/mol. The van der Waals surface area contributed by atoms with Crippen molar-refractivity contribution in [1.82, 2.24) is 5.32 Å². The van der Waals surface area contributed by atoms with Crippen LogP contribution in [0.2, 0.25) is 0 Å². The van der Waals surface area contributed by atoms with Crippen molar-refractivity contribution in [2.45, 2.75) is 44.5 Å². The maximum atomic E-state index is 11.6. The summed E-state index contributed by atoms with van der Waals surface area (Å²) in [5.41, 5.74) is 2.86. The summed E-state index contributed by atoms with van der Waals surface area (Å²) in [6, 6.07) is 14.3. The van der Waals surface area contributed by atoms with Crippen LogP contribution < -0.4 is 10.1 Å². The molecule has 4 N–H and O–H groups in total. The first kappa shape index (κ1) is 20.3. The Kier molecular flexibility index (Phi) is 6.31. The van der Waals surface area contributed by atoms with Crippen molar-refractivity contribution >= 4 is 5.91 Å². The van der Waals surface area contributed by atoms with Gasteiger partial charge < -0.3 is 30.1 Å². The Morgan fingerprint density at radius 2 is 1.89 bits per heavy atom. The third kappa shape index (κ3) is 4.34. The monoisotopic (exact) mass is 387 g/mol. The van der Waals surface area contributed by atoms with Crippen LogP contribution in [-0.2, 0) is 9.53 Å². The molecule has 0 aromatic heterocycles. The summed E-state index contributed by atoms with van der Waals surface area (Å²) >= 11 is 0. The lowest BCUT2D eigenvalue weighted by Crippen LogP contribution is -2.65. The second-order valence-corrected chi connectivity index (χ2v) is 6.92. The van der Waals surface area contributed by atoms with Crippen molar-refractivity contribution in [2.75, 3.05) is 6.61 Å². The van der Waals surface area contributed by atoms with E-state index in [-0.39, 0.29) is 0 Å². The van der Waals surface area contributed by atoms with E-state index in [0.717, 1.165) is 16.7 Å². The zero-order chi connectivity index (χ0) is 20.3. The maximum absolute atomic E-state index is 11.6. The van der Waals surface area contributed by atoms with Crippen molar-refractivity contribution in [2.24, 2.45) is 0 Å². The normalized spacial score (nSPS) is 27.2. The highest BCUT2D eigenvalue weighted by Crippen LogP contribution is 2.33. The highest BCUT2D eigenvalue weighted by molar-refractivity contribution is 5.73. The molecular formula is C21H25NO6. The van der Waals surface area contributed by atoms with E-state index >= 15 is 0 Å². The number of carbonyl (C=O) groups is 1. The van der Waals surface area contributed by atoms with Crippen LogP contribution in [0.4, 0.5) is 0 Å². The molecule has 7 heteroatoms. The predicted molar refractivity (Wildman–Crippen MR) is 103 cm³/mol. The standard InChI is InChI=1S/C21H25NO6/c1-12-6-5-7-14(10-12)15-8-3-4-9-16(15)27-21-18(22-13(2)24)20(26)19(25)17(11-23)28-21/h3-10,17-21,23,25-26H,11H2,1-2H3,(H,22,24)/t17?,18?,19-,20+,21+/m0/s1. The van der Waals surface area contributed by atoms with Gasteiger partial charge in [-0.25, -0.2) is 0 Å². The van der Waals surface area contributed by atoms with Crippen LogP contribution in [0.5, 0.6) is 5.75 Å². The van der Waals surface area contributed by atoms with Gasteiger partial charge in [-0.3, -0.25) is 4.79 Å². The maximum Gasteiger partial charge on any atom is 0.223 e. The van der Waals surface area contributed by atoms with Crippen molar-refractivity contribution in [3.63, 3.8) is 0 Å². The summed E-state index contributed by atoms with van der Waals surface area (Å²) in [5, 5.41) is 32.6. The number of carbonyl (C=O) groups excluding carboxylic acids is 1. The fourth-order valence-corrected chi connectivity index (χ4v) is 3.32. The molecule has 5 atom stereocenters. The summed E-state index contributed by atoms with van der Waals surface area (Å²) in [6.45, 7) is 2.80. The van der Waals surface area contributed by atoms with Crippen LogP contribution in [0.15, 0.2) is 48.5 Å². The minimum atomic E-state index is -1.36. The lowest BCUT2D eigenvalue weighted by atomic mass is 9.96. The Bertz CT molecular complexity index is 826. The SMILES string of the molecule is CC(=O)NC1[C@H](Oc2ccccc2-c2cccc(C)c2)OC(CO)[C@H](O)[C@@H]1O. The molecule has 0 bridgehead atoms. The third-order valence-corrected chi connectivity index (χ3v) is 4.71. The molecule has 1 amide bonds. The lowest BCUT2D eigenvalue weighted by Gasteiger charge is -2.42. The Labute approximate surface area is 163 Å². The van der Waals surface area contributed by atoms with E-state index in [1.165, 1.54) is 6.92 Å². The van der Waals surface area contributed by atoms with Gasteiger partial charge in [0.2, 0.25) is 12.2 Å². The second kappa shape index (κ2) is 8.70. The molecule has 1 saturated heterocycles. The third-order valence-electron chi connectivity index (χ3n) is 4.71. The average Bonchev–Trinajstić information content (AvgIpc) is 2.67. The van der Waals surface area contributed by atoms with Crippen LogP contribution in [0.3, 0.4) is 0 Å². The van der Waals surface area contributed by atoms with Gasteiger partial charge in [-0.2, -0.15) is 0 Å². The van der Waals surface area contributed by atoms with Crippen molar-refractivity contribution in [3.8, 4) is 16.9 Å². The molecule has 28 heavy (non-hydrogen) atoms. The van der Waals surface area contributed by atoms with E-state index in [1.807, 2.05) is 43.3 Å². The molecule has 0 radical (unpaired) electrons. The van der Waals surface area contributed by atoms with Crippen molar-refractivity contribution < 1.29 is 29.6 Å². The highest BCUT2D eigenvalue weighted by Gasteiger charge is 2.46. The van der Waals surface area contributed by atoms with Gasteiger partial charge in [-0.05, 0) is 18.6 Å². The van der Waals surface area contributed by atoms with Gasteiger partial charge in [0.05, 0.1) is 6.61 Å².